The van der Waals surface area contributed by atoms with E-state index < -0.39 is 0 Å². The number of hydrogen-bond acceptors (Lipinski definition) is 4. The highest BCUT2D eigenvalue weighted by Crippen LogP contribution is 2.29. The lowest BCUT2D eigenvalue weighted by atomic mass is 10.1. The van der Waals surface area contributed by atoms with Crippen LogP contribution in [0, 0.1) is 10.1 Å². The van der Waals surface area contributed by atoms with Gasteiger partial charge in [0.05, 0.1) is 9.40 Å². The fourth-order valence-corrected chi connectivity index (χ4v) is 3.29. The third-order valence-electron chi connectivity index (χ3n) is 3.90. The zero-order valence-electron chi connectivity index (χ0n) is 11.9. The van der Waals surface area contributed by atoms with Crippen LogP contribution in [0.4, 0.5) is 5.69 Å². The van der Waals surface area contributed by atoms with E-state index >= 15 is 0 Å². The topological polar surface area (TPSA) is 49.6 Å². The van der Waals surface area contributed by atoms with Crippen molar-refractivity contribution >= 4 is 21.6 Å². The van der Waals surface area contributed by atoms with Gasteiger partial charge in [-0.2, -0.15) is 0 Å². The molecule has 0 radical (unpaired) electrons. The number of nitrogens with zero attached hydrogens (tertiary/aromatic N) is 3. The highest BCUT2D eigenvalue weighted by atomic mass is 79.9. The maximum Gasteiger partial charge on any atom is 0.283 e. The summed E-state index contributed by atoms with van der Waals surface area (Å²) in [5.41, 5.74) is 1.12. The van der Waals surface area contributed by atoms with Crippen LogP contribution in [0.15, 0.2) is 22.7 Å². The van der Waals surface area contributed by atoms with Crippen LogP contribution >= 0.6 is 15.9 Å². The van der Waals surface area contributed by atoms with Crippen LogP contribution in [0.25, 0.3) is 0 Å². The fourth-order valence-electron chi connectivity index (χ4n) is 2.75. The first kappa shape index (κ1) is 15.4. The summed E-state index contributed by atoms with van der Waals surface area (Å²) < 4.78 is 0.607. The Labute approximate surface area is 127 Å². The largest absolute Gasteiger partial charge is 0.298 e. The lowest BCUT2D eigenvalue weighted by molar-refractivity contribution is -0.385. The summed E-state index contributed by atoms with van der Waals surface area (Å²) in [7, 11) is 0. The van der Waals surface area contributed by atoms with E-state index in [1.165, 1.54) is 6.07 Å². The lowest BCUT2D eigenvalue weighted by Gasteiger charge is -2.39. The van der Waals surface area contributed by atoms with E-state index in [0.29, 0.717) is 10.5 Å². The number of nitro benzene ring substituents is 1. The Kier molecular flexibility index (Phi) is 5.12. The Bertz CT molecular complexity index is 495. The molecule has 1 unspecified atom stereocenters. The van der Waals surface area contributed by atoms with Crippen molar-refractivity contribution in [1.29, 1.82) is 0 Å². The average molecular weight is 342 g/mol. The monoisotopic (exact) mass is 341 g/mol. The standard InChI is InChI=1S/C14H20BrN3O2/c1-3-17-8-7-16(9-11(17)2)10-12-5-4-6-13(14(12)15)18(19)20/h4-6,11H,3,7-10H2,1-2H3. The van der Waals surface area contributed by atoms with Gasteiger partial charge in [0.15, 0.2) is 0 Å². The molecule has 1 aromatic rings. The molecule has 5 nitrogen and oxygen atoms in total. The Hall–Kier alpha value is -0.980. The molecule has 0 saturated carbocycles. The number of hydrogen-bond donors (Lipinski definition) is 0. The van der Waals surface area contributed by atoms with E-state index in [4.69, 9.17) is 0 Å². The van der Waals surface area contributed by atoms with E-state index in [9.17, 15) is 10.1 Å². The summed E-state index contributed by atoms with van der Waals surface area (Å²) in [5, 5.41) is 11.0. The molecule has 1 atom stereocenters. The maximum atomic E-state index is 11.0. The van der Waals surface area contributed by atoms with Gasteiger partial charge in [-0.15, -0.1) is 0 Å². The van der Waals surface area contributed by atoms with Crippen LogP contribution in [-0.2, 0) is 6.54 Å². The normalized spacial score (nSPS) is 21.1. The zero-order chi connectivity index (χ0) is 14.7. The maximum absolute atomic E-state index is 11.0. The van der Waals surface area contributed by atoms with Crippen molar-refractivity contribution < 1.29 is 4.92 Å². The Morgan fingerprint density at radius 3 is 2.80 bits per heavy atom. The minimum Gasteiger partial charge on any atom is -0.298 e. The lowest BCUT2D eigenvalue weighted by Crippen LogP contribution is -2.51. The van der Waals surface area contributed by atoms with Gasteiger partial charge in [0, 0.05) is 38.3 Å². The summed E-state index contributed by atoms with van der Waals surface area (Å²) >= 11 is 3.37. The molecule has 0 bridgehead atoms. The number of likely N-dealkylation sites (N-methyl/N-ethyl adjacent to an activating group) is 1. The molecule has 1 heterocycles. The van der Waals surface area contributed by atoms with Crippen LogP contribution in [0.5, 0.6) is 0 Å². The van der Waals surface area contributed by atoms with Gasteiger partial charge in [0.1, 0.15) is 0 Å². The average Bonchev–Trinajstić information content (AvgIpc) is 2.41. The van der Waals surface area contributed by atoms with E-state index in [-0.39, 0.29) is 10.6 Å². The second-order valence-corrected chi connectivity index (χ2v) is 6.01. The third-order valence-corrected chi connectivity index (χ3v) is 4.82. The van der Waals surface area contributed by atoms with Gasteiger partial charge in [-0.3, -0.25) is 19.9 Å². The van der Waals surface area contributed by atoms with Gasteiger partial charge in [-0.1, -0.05) is 19.1 Å². The van der Waals surface area contributed by atoms with Crippen LogP contribution in [0.2, 0.25) is 0 Å². The molecule has 0 N–H and O–H groups in total. The van der Waals surface area contributed by atoms with Gasteiger partial charge >= 0.3 is 0 Å². The molecule has 1 aromatic carbocycles. The highest BCUT2D eigenvalue weighted by molar-refractivity contribution is 9.10. The second kappa shape index (κ2) is 6.65. The second-order valence-electron chi connectivity index (χ2n) is 5.22. The number of benzene rings is 1. The van der Waals surface area contributed by atoms with Gasteiger partial charge in [0.25, 0.3) is 5.69 Å². The van der Waals surface area contributed by atoms with E-state index in [1.54, 1.807) is 6.07 Å². The Balaban J connectivity index is 2.08. The smallest absolute Gasteiger partial charge is 0.283 e. The minimum absolute atomic E-state index is 0.141. The molecule has 1 aliphatic heterocycles. The summed E-state index contributed by atoms with van der Waals surface area (Å²) in [6, 6.07) is 5.77. The molecule has 0 aromatic heterocycles. The predicted octanol–water partition coefficient (Wildman–Crippen LogP) is 2.88. The molecule has 1 saturated heterocycles. The van der Waals surface area contributed by atoms with Crippen molar-refractivity contribution in [3.05, 3.63) is 38.3 Å². The van der Waals surface area contributed by atoms with Crippen molar-refractivity contribution in [2.45, 2.75) is 26.4 Å². The molecule has 0 spiro atoms. The third kappa shape index (κ3) is 3.37. The van der Waals surface area contributed by atoms with Crippen LogP contribution in [0.1, 0.15) is 19.4 Å². The molecular weight excluding hydrogens is 322 g/mol. The summed E-state index contributed by atoms with van der Waals surface area (Å²) in [6.45, 7) is 9.32. The molecule has 20 heavy (non-hydrogen) atoms. The van der Waals surface area contributed by atoms with Crippen LogP contribution in [-0.4, -0.2) is 46.9 Å². The molecule has 0 aliphatic carbocycles. The van der Waals surface area contributed by atoms with Crippen molar-refractivity contribution in [2.75, 3.05) is 26.2 Å². The van der Waals surface area contributed by atoms with Crippen molar-refractivity contribution in [2.24, 2.45) is 0 Å². The van der Waals surface area contributed by atoms with Crippen molar-refractivity contribution in [1.82, 2.24) is 9.80 Å². The van der Waals surface area contributed by atoms with Crippen LogP contribution < -0.4 is 0 Å². The summed E-state index contributed by atoms with van der Waals surface area (Å²) in [6.07, 6.45) is 0. The summed E-state index contributed by atoms with van der Waals surface area (Å²) in [5.74, 6) is 0. The Morgan fingerprint density at radius 2 is 2.20 bits per heavy atom. The van der Waals surface area contributed by atoms with Gasteiger partial charge in [0.2, 0.25) is 0 Å². The molecule has 1 aliphatic rings. The molecule has 6 heteroatoms. The first-order valence-corrected chi connectivity index (χ1v) is 7.70. The number of piperazine rings is 1. The molecular formula is C14H20BrN3O2. The van der Waals surface area contributed by atoms with E-state index in [1.807, 2.05) is 6.07 Å². The van der Waals surface area contributed by atoms with Gasteiger partial charge in [-0.05, 0) is 35.0 Å². The van der Waals surface area contributed by atoms with E-state index in [0.717, 1.165) is 38.3 Å². The summed E-state index contributed by atoms with van der Waals surface area (Å²) in [4.78, 5) is 15.4. The molecule has 1 fully saturated rings. The number of nitro groups is 1. The van der Waals surface area contributed by atoms with Crippen molar-refractivity contribution in [3.8, 4) is 0 Å². The van der Waals surface area contributed by atoms with Crippen LogP contribution in [0.3, 0.4) is 0 Å². The fraction of sp³-hybridized carbons (Fsp3) is 0.571. The number of halogens is 1. The predicted molar refractivity (Wildman–Crippen MR) is 82.8 cm³/mol. The molecule has 2 rings (SSSR count). The molecule has 110 valence electrons. The van der Waals surface area contributed by atoms with Gasteiger partial charge in [-0.25, -0.2) is 0 Å². The number of rotatable bonds is 4. The minimum atomic E-state index is -0.342. The highest BCUT2D eigenvalue weighted by Gasteiger charge is 2.23. The molecule has 0 amide bonds. The quantitative estimate of drug-likeness (QED) is 0.624. The van der Waals surface area contributed by atoms with Gasteiger partial charge < -0.3 is 0 Å². The van der Waals surface area contributed by atoms with Crippen molar-refractivity contribution in [3.63, 3.8) is 0 Å². The first-order valence-electron chi connectivity index (χ1n) is 6.91. The van der Waals surface area contributed by atoms with E-state index in [2.05, 4.69) is 39.6 Å². The first-order chi connectivity index (χ1) is 9.52. The Morgan fingerprint density at radius 1 is 1.45 bits per heavy atom. The SMILES string of the molecule is CCN1CCN(Cc2cccc([N+](=O)[O-])c2Br)CC1C. The zero-order valence-corrected chi connectivity index (χ0v) is 13.5.